The van der Waals surface area contributed by atoms with Crippen molar-refractivity contribution in [3.8, 4) is 0 Å². The molecule has 3 aromatic carbocycles. The Morgan fingerprint density at radius 3 is 1.72 bits per heavy atom. The van der Waals surface area contributed by atoms with Crippen molar-refractivity contribution in [1.82, 2.24) is 47.9 Å². The normalized spacial score (nSPS) is 17.4. The largest absolute Gasteiger partial charge is 0.444 e. The third-order valence-electron chi connectivity index (χ3n) is 16.3. The van der Waals surface area contributed by atoms with Gasteiger partial charge in [-0.25, -0.2) is 28.0 Å². The number of ether oxygens (including phenoxy) is 2. The van der Waals surface area contributed by atoms with Gasteiger partial charge in [0.1, 0.15) is 22.5 Å². The molecular formula is C68H91N11O8S2. The molecular weight excluding hydrogens is 1160 g/mol. The summed E-state index contributed by atoms with van der Waals surface area (Å²) in [7, 11) is -1.62. The molecule has 0 bridgehead atoms. The molecule has 4 amide bonds. The minimum Gasteiger partial charge on any atom is -0.444 e. The van der Waals surface area contributed by atoms with Crippen molar-refractivity contribution in [2.45, 2.75) is 166 Å². The van der Waals surface area contributed by atoms with Gasteiger partial charge in [-0.3, -0.25) is 14.6 Å². The first kappa shape index (κ1) is 67.5. The molecule has 0 saturated carbocycles. The molecule has 2 unspecified atom stereocenters. The Morgan fingerprint density at radius 1 is 0.652 bits per heavy atom. The molecule has 0 radical (unpaired) electrons. The first-order chi connectivity index (χ1) is 42.5. The number of carbonyl (C=O) groups is 4. The first-order valence-electron chi connectivity index (χ1n) is 31.4. The average molecular weight is 1250 g/mol. The fraction of sp³-hybridized carbons (Fsp3) is 0.471. The zero-order valence-corrected chi connectivity index (χ0v) is 55.4. The third-order valence-corrected chi connectivity index (χ3v) is 19.2. The number of amides is 4. The summed E-state index contributed by atoms with van der Waals surface area (Å²) in [4.78, 5) is 64.0. The van der Waals surface area contributed by atoms with Crippen LogP contribution in [0.25, 0.3) is 11.3 Å². The van der Waals surface area contributed by atoms with Gasteiger partial charge in [-0.2, -0.15) is 8.72 Å². The highest BCUT2D eigenvalue weighted by Gasteiger charge is 2.50. The van der Waals surface area contributed by atoms with E-state index in [0.29, 0.717) is 62.0 Å². The molecule has 2 atom stereocenters. The zero-order chi connectivity index (χ0) is 64.1. The smallest absolute Gasteiger partial charge is 0.410 e. The van der Waals surface area contributed by atoms with Crippen molar-refractivity contribution < 1.29 is 37.1 Å². The maximum absolute atomic E-state index is 13.7. The summed E-state index contributed by atoms with van der Waals surface area (Å²) >= 11 is 1.68. The zero-order valence-electron chi connectivity index (χ0n) is 53.8. The highest BCUT2D eigenvalue weighted by Crippen LogP contribution is 2.46. The van der Waals surface area contributed by atoms with E-state index in [9.17, 15) is 27.6 Å². The lowest BCUT2D eigenvalue weighted by Crippen LogP contribution is -2.55. The van der Waals surface area contributed by atoms with E-state index in [0.717, 1.165) is 72.6 Å². The highest BCUT2D eigenvalue weighted by molar-refractivity contribution is 7.97. The summed E-state index contributed by atoms with van der Waals surface area (Å²) in [5, 5.41) is 8.25. The van der Waals surface area contributed by atoms with Gasteiger partial charge in [-0.05, 0) is 169 Å². The van der Waals surface area contributed by atoms with Crippen LogP contribution in [0, 0.1) is 5.92 Å². The number of unbranched alkanes of at least 4 members (excludes halogenated alkanes) is 1. The van der Waals surface area contributed by atoms with Gasteiger partial charge in [0.2, 0.25) is 10.0 Å². The molecule has 7 aromatic rings. The summed E-state index contributed by atoms with van der Waals surface area (Å²) in [5.41, 5.74) is 5.52. The Balaban J connectivity index is 0.000000213. The minimum absolute atomic E-state index is 0.117. The number of hydrogen-bond acceptors (Lipinski definition) is 13. The number of rotatable bonds is 13. The fourth-order valence-corrected chi connectivity index (χ4v) is 14.3. The van der Waals surface area contributed by atoms with Crippen LogP contribution in [0.2, 0.25) is 0 Å². The summed E-state index contributed by atoms with van der Waals surface area (Å²) in [5.74, 6) is 0.365. The average Bonchev–Trinajstić information content (AvgIpc) is 1.79. The molecule has 8 heterocycles. The van der Waals surface area contributed by atoms with E-state index in [4.69, 9.17) is 9.47 Å². The Bertz CT molecular complexity index is 3610. The van der Waals surface area contributed by atoms with Gasteiger partial charge in [0.15, 0.2) is 0 Å². The number of sulfonamides is 1. The molecule has 4 aliphatic heterocycles. The monoisotopic (exact) mass is 1250 g/mol. The number of imidazole rings is 2. The van der Waals surface area contributed by atoms with E-state index in [1.54, 1.807) is 99.0 Å². The number of aromatic nitrogens is 4. The van der Waals surface area contributed by atoms with Crippen molar-refractivity contribution >= 4 is 63.0 Å². The summed E-state index contributed by atoms with van der Waals surface area (Å²) < 4.78 is 46.1. The predicted molar refractivity (Wildman–Crippen MR) is 351 cm³/mol. The van der Waals surface area contributed by atoms with Crippen LogP contribution in [0.1, 0.15) is 164 Å². The molecule has 11 rings (SSSR count). The number of hydrazine groups is 1. The maximum atomic E-state index is 13.7. The summed E-state index contributed by atoms with van der Waals surface area (Å²) in [6, 6.07) is 30.8. The van der Waals surface area contributed by atoms with Crippen molar-refractivity contribution in [1.29, 1.82) is 0 Å². The number of carbonyl (C=O) groups excluding carboxylic acids is 4. The van der Waals surface area contributed by atoms with Crippen LogP contribution >= 0.6 is 11.9 Å². The number of para-hydroxylation sites is 1. The maximum Gasteiger partial charge on any atom is 0.410 e. The van der Waals surface area contributed by atoms with Gasteiger partial charge >= 0.3 is 12.2 Å². The SMILES string of the molecule is CC.CC(C)(C)OC(=O)N1CCC2(CCCN2S(=O)(=O)c2ccc(CNC(=O)c3ccc4nccn4c3)cc2)CC1.CCCC.CN(Sc1ccc(CNC(=O)c2ccc3nccn3c2)cc1)N1CC(C2CCCN(C(=O)OC(C)(C)C)C2)c2ccccc21. The Hall–Kier alpha value is -7.46. The molecule has 3 fully saturated rings. The molecule has 0 aliphatic carbocycles. The van der Waals surface area contributed by atoms with E-state index >= 15 is 0 Å². The van der Waals surface area contributed by atoms with Crippen LogP contribution in [0.5, 0.6) is 0 Å². The van der Waals surface area contributed by atoms with Crippen LogP contribution in [-0.2, 0) is 32.6 Å². The van der Waals surface area contributed by atoms with Crippen molar-refractivity contribution in [3.63, 3.8) is 0 Å². The van der Waals surface area contributed by atoms with Crippen molar-refractivity contribution in [2.75, 3.05) is 51.3 Å². The molecule has 89 heavy (non-hydrogen) atoms. The molecule has 3 saturated heterocycles. The molecule has 21 heteroatoms. The summed E-state index contributed by atoms with van der Waals surface area (Å²) in [6.45, 7) is 24.1. The van der Waals surface area contributed by atoms with Crippen LogP contribution in [0.15, 0.2) is 144 Å². The Morgan fingerprint density at radius 2 is 1.18 bits per heavy atom. The number of hydrogen-bond donors (Lipinski definition) is 2. The quantitative estimate of drug-likeness (QED) is 0.104. The van der Waals surface area contributed by atoms with Crippen molar-refractivity contribution in [3.05, 3.63) is 162 Å². The van der Waals surface area contributed by atoms with Gasteiger partial charge in [0.25, 0.3) is 11.8 Å². The lowest BCUT2D eigenvalue weighted by Gasteiger charge is -2.44. The van der Waals surface area contributed by atoms with Crippen LogP contribution in [-0.4, -0.2) is 133 Å². The summed E-state index contributed by atoms with van der Waals surface area (Å²) in [6.07, 6.45) is 17.4. The number of anilines is 1. The second-order valence-electron chi connectivity index (χ2n) is 24.9. The molecule has 19 nitrogen and oxygen atoms in total. The second kappa shape index (κ2) is 29.9. The number of nitrogens with one attached hydrogen (secondary N) is 2. The number of benzene rings is 3. The fourth-order valence-electron chi connectivity index (χ4n) is 11.6. The van der Waals surface area contributed by atoms with E-state index in [-0.39, 0.29) is 35.4 Å². The van der Waals surface area contributed by atoms with Crippen LogP contribution in [0.4, 0.5) is 15.3 Å². The Kier molecular flexibility index (Phi) is 22.7. The van der Waals surface area contributed by atoms with Crippen molar-refractivity contribution in [2.24, 2.45) is 5.92 Å². The molecule has 4 aliphatic rings. The van der Waals surface area contributed by atoms with E-state index in [2.05, 4.69) is 99.5 Å². The van der Waals surface area contributed by atoms with Crippen LogP contribution in [0.3, 0.4) is 0 Å². The van der Waals surface area contributed by atoms with Gasteiger partial charge in [-0.1, -0.05) is 83.0 Å². The van der Waals surface area contributed by atoms with Gasteiger partial charge in [0, 0.05) is 113 Å². The van der Waals surface area contributed by atoms with E-state index < -0.39 is 26.8 Å². The van der Waals surface area contributed by atoms with Crippen LogP contribution < -0.4 is 15.6 Å². The number of pyridine rings is 2. The highest BCUT2D eigenvalue weighted by atomic mass is 32.2. The minimum atomic E-state index is -3.72. The molecule has 4 aromatic heterocycles. The lowest BCUT2D eigenvalue weighted by molar-refractivity contribution is 0.0111. The predicted octanol–water partition coefficient (Wildman–Crippen LogP) is 13.0. The first-order valence-corrected chi connectivity index (χ1v) is 33.6. The van der Waals surface area contributed by atoms with Gasteiger partial charge < -0.3 is 38.7 Å². The molecule has 2 N–H and O–H groups in total. The van der Waals surface area contributed by atoms with Gasteiger partial charge in [0.05, 0.1) is 21.7 Å². The Labute approximate surface area is 530 Å². The number of nitrogens with zero attached hydrogens (tertiary/aromatic N) is 9. The van der Waals surface area contributed by atoms with E-state index in [1.165, 1.54) is 24.1 Å². The standard InChI is InChI=1S/C34H40N6O3S.C28H35N5O5S.C4H10.C2H6/c1-34(2,3)43-33(42)39-18-7-8-25(21-39)29-23-40(30-10-6-5-9-28(29)30)37(4)44-27-14-11-24(12-15-27)20-36-32(41)26-13-16-31-35-17-19-38(31)22-26;1-27(2,3)38-26(35)31-16-12-28(13-17-31)11-4-15-33(28)39(36,37)23-8-5-21(6-9-23)19-30-25(34)22-7-10-24-29-14-18-32(24)20-22;1-3-4-2;1-2/h5-6,9-17,19,22,25,29H,7-8,18,20-21,23H2,1-4H3,(H,36,41);5-10,14,18,20H,4,11-13,15-17,19H2,1-3H3,(H,30,34);3-4H2,1-2H3;1-2H3. The number of likely N-dealkylation sites (tertiary alicyclic amines) is 2. The third kappa shape index (κ3) is 17.3. The topological polar surface area (TPSA) is 196 Å². The molecule has 1 spiro atoms. The number of piperidine rings is 2. The molecule has 478 valence electrons. The number of fused-ring (bicyclic) bond motifs is 3. The second-order valence-corrected chi connectivity index (χ2v) is 27.9. The van der Waals surface area contributed by atoms with E-state index in [1.807, 2.05) is 77.0 Å². The lowest BCUT2D eigenvalue weighted by atomic mass is 9.82. The van der Waals surface area contributed by atoms with Gasteiger partial charge in [-0.15, -0.1) is 0 Å².